The Morgan fingerprint density at radius 1 is 1.53 bits per heavy atom. The highest BCUT2D eigenvalue weighted by atomic mass is 16.5. The topological polar surface area (TPSA) is 88.3 Å². The number of carbonyl (C=O) groups excluding carboxylic acids is 2. The van der Waals surface area contributed by atoms with E-state index in [4.69, 9.17) is 4.52 Å². The number of hydrogen-bond donors (Lipinski definition) is 1. The third-order valence-corrected chi connectivity index (χ3v) is 2.13. The minimum absolute atomic E-state index is 0.0721. The van der Waals surface area contributed by atoms with Gasteiger partial charge < -0.3 is 14.7 Å². The van der Waals surface area contributed by atoms with Crippen LogP contribution in [0.5, 0.6) is 0 Å². The number of amides is 2. The molecular formula is C8H10N4O3. The fourth-order valence-corrected chi connectivity index (χ4v) is 1.34. The summed E-state index contributed by atoms with van der Waals surface area (Å²) in [6.07, 6.45) is 1.78. The SMILES string of the molecule is O=C1CN(CCc2ncno2)C(=O)CN1. The number of carbonyl (C=O) groups is 2. The van der Waals surface area contributed by atoms with Gasteiger partial charge in [-0.2, -0.15) is 4.98 Å². The highest BCUT2D eigenvalue weighted by molar-refractivity contribution is 5.92. The molecule has 0 bridgehead atoms. The summed E-state index contributed by atoms with van der Waals surface area (Å²) in [5.41, 5.74) is 0. The summed E-state index contributed by atoms with van der Waals surface area (Å²) in [5, 5.41) is 5.92. The molecule has 0 atom stereocenters. The first-order valence-corrected chi connectivity index (χ1v) is 4.56. The fourth-order valence-electron chi connectivity index (χ4n) is 1.34. The average Bonchev–Trinajstić information content (AvgIpc) is 2.72. The lowest BCUT2D eigenvalue weighted by Crippen LogP contribution is -2.52. The maximum Gasteiger partial charge on any atom is 0.242 e. The normalized spacial score (nSPS) is 16.7. The van der Waals surface area contributed by atoms with Crippen LogP contribution in [0.15, 0.2) is 10.9 Å². The monoisotopic (exact) mass is 210 g/mol. The van der Waals surface area contributed by atoms with Crippen LogP contribution in [0.4, 0.5) is 0 Å². The van der Waals surface area contributed by atoms with E-state index < -0.39 is 0 Å². The molecule has 0 aromatic carbocycles. The summed E-state index contributed by atoms with van der Waals surface area (Å²) in [4.78, 5) is 27.7. The Morgan fingerprint density at radius 2 is 2.40 bits per heavy atom. The van der Waals surface area contributed by atoms with E-state index in [9.17, 15) is 9.59 Å². The van der Waals surface area contributed by atoms with Gasteiger partial charge in [0.1, 0.15) is 0 Å². The second-order valence-electron chi connectivity index (χ2n) is 3.18. The second kappa shape index (κ2) is 4.07. The van der Waals surface area contributed by atoms with Gasteiger partial charge in [0.15, 0.2) is 6.33 Å². The summed E-state index contributed by atoms with van der Waals surface area (Å²) in [7, 11) is 0. The van der Waals surface area contributed by atoms with Crippen molar-refractivity contribution in [2.24, 2.45) is 0 Å². The molecule has 7 heteroatoms. The Kier molecular flexibility index (Phi) is 2.61. The van der Waals surface area contributed by atoms with Gasteiger partial charge in [-0.1, -0.05) is 5.16 Å². The maximum absolute atomic E-state index is 11.3. The van der Waals surface area contributed by atoms with Crippen molar-refractivity contribution in [3.8, 4) is 0 Å². The molecular weight excluding hydrogens is 200 g/mol. The lowest BCUT2D eigenvalue weighted by atomic mass is 10.3. The van der Waals surface area contributed by atoms with E-state index in [1.165, 1.54) is 11.2 Å². The van der Waals surface area contributed by atoms with Gasteiger partial charge in [0.05, 0.1) is 13.1 Å². The molecule has 1 aromatic heterocycles. The summed E-state index contributed by atoms with van der Waals surface area (Å²) in [6.45, 7) is 0.601. The van der Waals surface area contributed by atoms with Crippen LogP contribution in [0.25, 0.3) is 0 Å². The molecule has 7 nitrogen and oxygen atoms in total. The molecule has 1 aromatic rings. The van der Waals surface area contributed by atoms with Crippen LogP contribution in [-0.4, -0.2) is 46.5 Å². The summed E-state index contributed by atoms with van der Waals surface area (Å²) in [5.74, 6) is 0.239. The van der Waals surface area contributed by atoms with Crippen molar-refractivity contribution < 1.29 is 14.1 Å². The highest BCUT2D eigenvalue weighted by Gasteiger charge is 2.22. The maximum atomic E-state index is 11.3. The van der Waals surface area contributed by atoms with E-state index in [0.29, 0.717) is 18.9 Å². The Morgan fingerprint density at radius 3 is 3.13 bits per heavy atom. The summed E-state index contributed by atoms with van der Waals surface area (Å²) in [6, 6.07) is 0. The molecule has 2 amide bonds. The van der Waals surface area contributed by atoms with Crippen LogP contribution in [0.2, 0.25) is 0 Å². The number of nitrogens with one attached hydrogen (secondary N) is 1. The van der Waals surface area contributed by atoms with Crippen molar-refractivity contribution in [3.63, 3.8) is 0 Å². The predicted molar refractivity (Wildman–Crippen MR) is 47.6 cm³/mol. The van der Waals surface area contributed by atoms with Crippen molar-refractivity contribution in [1.82, 2.24) is 20.4 Å². The molecule has 80 valence electrons. The van der Waals surface area contributed by atoms with Crippen LogP contribution >= 0.6 is 0 Å². The minimum atomic E-state index is -0.139. The van der Waals surface area contributed by atoms with Crippen molar-refractivity contribution in [2.45, 2.75) is 6.42 Å². The van der Waals surface area contributed by atoms with Gasteiger partial charge in [0, 0.05) is 13.0 Å². The zero-order valence-corrected chi connectivity index (χ0v) is 7.97. The van der Waals surface area contributed by atoms with E-state index in [1.54, 1.807) is 0 Å². The summed E-state index contributed by atoms with van der Waals surface area (Å²) < 4.78 is 4.79. The number of piperazine rings is 1. The van der Waals surface area contributed by atoms with Crippen LogP contribution in [-0.2, 0) is 16.0 Å². The Hall–Kier alpha value is -1.92. The van der Waals surface area contributed by atoms with Gasteiger partial charge in [0.2, 0.25) is 17.7 Å². The van der Waals surface area contributed by atoms with Crippen LogP contribution in [0.1, 0.15) is 5.89 Å². The molecule has 1 aliphatic rings. The van der Waals surface area contributed by atoms with E-state index in [0.717, 1.165) is 0 Å². The molecule has 0 spiro atoms. The number of nitrogens with zero attached hydrogens (tertiary/aromatic N) is 3. The molecule has 1 fully saturated rings. The van der Waals surface area contributed by atoms with Gasteiger partial charge in [-0.15, -0.1) is 0 Å². The smallest absolute Gasteiger partial charge is 0.242 e. The lowest BCUT2D eigenvalue weighted by Gasteiger charge is -2.25. The molecule has 0 aliphatic carbocycles. The van der Waals surface area contributed by atoms with Crippen molar-refractivity contribution in [1.29, 1.82) is 0 Å². The van der Waals surface area contributed by atoms with Gasteiger partial charge in [-0.25, -0.2) is 0 Å². The fraction of sp³-hybridized carbons (Fsp3) is 0.500. The highest BCUT2D eigenvalue weighted by Crippen LogP contribution is 1.99. The summed E-state index contributed by atoms with van der Waals surface area (Å²) >= 11 is 0. The van der Waals surface area contributed by atoms with E-state index in [2.05, 4.69) is 15.5 Å². The second-order valence-corrected chi connectivity index (χ2v) is 3.18. The first-order valence-electron chi connectivity index (χ1n) is 4.56. The Labute approximate surface area is 85.4 Å². The first kappa shape index (κ1) is 9.63. The zero-order valence-electron chi connectivity index (χ0n) is 7.97. The van der Waals surface area contributed by atoms with Crippen molar-refractivity contribution in [3.05, 3.63) is 12.2 Å². The van der Waals surface area contributed by atoms with Crippen LogP contribution in [0, 0.1) is 0 Å². The van der Waals surface area contributed by atoms with Gasteiger partial charge >= 0.3 is 0 Å². The molecule has 15 heavy (non-hydrogen) atoms. The van der Waals surface area contributed by atoms with Gasteiger partial charge in [0.25, 0.3) is 0 Å². The van der Waals surface area contributed by atoms with Crippen molar-refractivity contribution in [2.75, 3.05) is 19.6 Å². The van der Waals surface area contributed by atoms with E-state index >= 15 is 0 Å². The van der Waals surface area contributed by atoms with E-state index in [1.807, 2.05) is 0 Å². The molecule has 2 heterocycles. The third-order valence-electron chi connectivity index (χ3n) is 2.13. The molecule has 0 saturated carbocycles. The van der Waals surface area contributed by atoms with Gasteiger partial charge in [-0.3, -0.25) is 9.59 Å². The van der Waals surface area contributed by atoms with Crippen LogP contribution in [0.3, 0.4) is 0 Å². The van der Waals surface area contributed by atoms with E-state index in [-0.39, 0.29) is 24.9 Å². The first-order chi connectivity index (χ1) is 7.25. The molecule has 1 aliphatic heterocycles. The molecule has 1 N–H and O–H groups in total. The third kappa shape index (κ3) is 2.30. The number of hydrogen-bond acceptors (Lipinski definition) is 5. The molecule has 1 saturated heterocycles. The molecule has 0 unspecified atom stereocenters. The lowest BCUT2D eigenvalue weighted by molar-refractivity contribution is -0.140. The molecule has 2 rings (SSSR count). The zero-order chi connectivity index (χ0) is 10.7. The minimum Gasteiger partial charge on any atom is -0.345 e. The quantitative estimate of drug-likeness (QED) is 0.660. The Bertz CT molecular complexity index is 362. The van der Waals surface area contributed by atoms with Crippen molar-refractivity contribution >= 4 is 11.8 Å². The van der Waals surface area contributed by atoms with Gasteiger partial charge in [-0.05, 0) is 0 Å². The predicted octanol–water partition coefficient (Wildman–Crippen LogP) is -1.43. The number of rotatable bonds is 3. The average molecular weight is 210 g/mol. The standard InChI is InChI=1S/C8H10N4O3/c13-6-4-12(8(14)3-9-6)2-1-7-10-5-11-15-7/h5H,1-4H2,(H,9,13). The Balaban J connectivity index is 1.88. The molecule has 0 radical (unpaired) electrons. The largest absolute Gasteiger partial charge is 0.345 e. The van der Waals surface area contributed by atoms with Crippen LogP contribution < -0.4 is 5.32 Å². The number of aromatic nitrogens is 2.